The first-order chi connectivity index (χ1) is 6.66. The summed E-state index contributed by atoms with van der Waals surface area (Å²) >= 11 is 0. The van der Waals surface area contributed by atoms with E-state index in [0.29, 0.717) is 18.9 Å². The molecule has 0 radical (unpaired) electrons. The van der Waals surface area contributed by atoms with Gasteiger partial charge in [-0.25, -0.2) is 0 Å². The zero-order valence-electron chi connectivity index (χ0n) is 8.99. The van der Waals surface area contributed by atoms with Crippen LogP contribution in [0.5, 0.6) is 0 Å². The fourth-order valence-corrected chi connectivity index (χ4v) is 1.75. The van der Waals surface area contributed by atoms with Crippen molar-refractivity contribution in [1.29, 1.82) is 0 Å². The van der Waals surface area contributed by atoms with Gasteiger partial charge in [0.25, 0.3) is 0 Å². The van der Waals surface area contributed by atoms with Crippen molar-refractivity contribution < 1.29 is 9.90 Å². The highest BCUT2D eigenvalue weighted by Gasteiger charge is 2.29. The van der Waals surface area contributed by atoms with Crippen LogP contribution in [0.3, 0.4) is 0 Å². The molecule has 1 amide bonds. The van der Waals surface area contributed by atoms with E-state index >= 15 is 0 Å². The van der Waals surface area contributed by atoms with Gasteiger partial charge in [0.2, 0.25) is 5.91 Å². The van der Waals surface area contributed by atoms with Crippen molar-refractivity contribution in [3.63, 3.8) is 0 Å². The van der Waals surface area contributed by atoms with Crippen LogP contribution in [-0.4, -0.2) is 48.2 Å². The van der Waals surface area contributed by atoms with Gasteiger partial charge in [0.1, 0.15) is 0 Å². The zero-order valence-corrected chi connectivity index (χ0v) is 8.99. The largest absolute Gasteiger partial charge is 0.396 e. The van der Waals surface area contributed by atoms with Crippen LogP contribution in [0.1, 0.15) is 20.3 Å². The van der Waals surface area contributed by atoms with Gasteiger partial charge in [-0.1, -0.05) is 13.8 Å². The molecule has 1 unspecified atom stereocenters. The minimum absolute atomic E-state index is 0.0394. The fraction of sp³-hybridized carbons (Fsp3) is 0.900. The Balaban J connectivity index is 2.48. The van der Waals surface area contributed by atoms with Crippen molar-refractivity contribution in [3.8, 4) is 0 Å². The third-order valence-corrected chi connectivity index (χ3v) is 2.58. The number of amides is 1. The first-order valence-electron chi connectivity index (χ1n) is 5.30. The van der Waals surface area contributed by atoms with Crippen molar-refractivity contribution >= 4 is 5.91 Å². The Bertz CT molecular complexity index is 195. The van der Waals surface area contributed by atoms with Crippen LogP contribution in [0.15, 0.2) is 0 Å². The van der Waals surface area contributed by atoms with E-state index in [0.717, 1.165) is 13.1 Å². The number of carbonyl (C=O) groups excluding carboxylic acids is 1. The fourth-order valence-electron chi connectivity index (χ4n) is 1.75. The van der Waals surface area contributed by atoms with E-state index in [1.807, 2.05) is 18.7 Å². The topological polar surface area (TPSA) is 52.6 Å². The SMILES string of the molecule is CC(C)C1NCCN(CCCO)C1=O. The molecule has 1 aliphatic rings. The molecule has 1 rings (SSSR count). The lowest BCUT2D eigenvalue weighted by atomic mass is 10.0. The first kappa shape index (κ1) is 11.5. The van der Waals surface area contributed by atoms with Crippen LogP contribution in [0.25, 0.3) is 0 Å². The molecular formula is C10H20N2O2. The highest BCUT2D eigenvalue weighted by atomic mass is 16.3. The smallest absolute Gasteiger partial charge is 0.240 e. The number of carbonyl (C=O) groups is 1. The molecule has 0 spiro atoms. The number of aliphatic hydroxyl groups is 1. The van der Waals surface area contributed by atoms with Gasteiger partial charge in [-0.2, -0.15) is 0 Å². The van der Waals surface area contributed by atoms with Crippen molar-refractivity contribution in [2.45, 2.75) is 26.3 Å². The van der Waals surface area contributed by atoms with Gasteiger partial charge in [0, 0.05) is 26.2 Å². The van der Waals surface area contributed by atoms with Gasteiger partial charge in [-0.15, -0.1) is 0 Å². The summed E-state index contributed by atoms with van der Waals surface area (Å²) in [6.45, 7) is 6.56. The highest BCUT2D eigenvalue weighted by Crippen LogP contribution is 2.10. The molecule has 0 aromatic carbocycles. The lowest BCUT2D eigenvalue weighted by Gasteiger charge is -2.35. The summed E-state index contributed by atoms with van der Waals surface area (Å²) in [5, 5.41) is 11.9. The standard InChI is InChI=1S/C10H20N2O2/c1-8(2)9-10(14)12(5-3-7-13)6-4-11-9/h8-9,11,13H,3-7H2,1-2H3. The van der Waals surface area contributed by atoms with Gasteiger partial charge in [-0.05, 0) is 12.3 Å². The molecular weight excluding hydrogens is 180 g/mol. The molecule has 4 nitrogen and oxygen atoms in total. The molecule has 1 saturated heterocycles. The molecule has 0 aliphatic carbocycles. The lowest BCUT2D eigenvalue weighted by molar-refractivity contribution is -0.137. The number of rotatable bonds is 4. The number of hydrogen-bond donors (Lipinski definition) is 2. The van der Waals surface area contributed by atoms with E-state index in [9.17, 15) is 4.79 Å². The van der Waals surface area contributed by atoms with Crippen molar-refractivity contribution in [1.82, 2.24) is 10.2 Å². The maximum atomic E-state index is 11.9. The second-order valence-corrected chi connectivity index (χ2v) is 4.08. The van der Waals surface area contributed by atoms with Crippen molar-refractivity contribution in [2.24, 2.45) is 5.92 Å². The third kappa shape index (κ3) is 2.69. The maximum Gasteiger partial charge on any atom is 0.240 e. The molecule has 0 saturated carbocycles. The maximum absolute atomic E-state index is 11.9. The molecule has 0 aromatic heterocycles. The van der Waals surface area contributed by atoms with Crippen LogP contribution in [0.4, 0.5) is 0 Å². The van der Waals surface area contributed by atoms with Gasteiger partial charge in [0.05, 0.1) is 6.04 Å². The predicted molar refractivity (Wildman–Crippen MR) is 54.9 cm³/mol. The molecule has 1 fully saturated rings. The van der Waals surface area contributed by atoms with Gasteiger partial charge >= 0.3 is 0 Å². The number of nitrogens with zero attached hydrogens (tertiary/aromatic N) is 1. The molecule has 1 heterocycles. The van der Waals surface area contributed by atoms with E-state index in [1.165, 1.54) is 0 Å². The molecule has 1 aliphatic heterocycles. The molecule has 14 heavy (non-hydrogen) atoms. The van der Waals surface area contributed by atoms with Crippen molar-refractivity contribution in [2.75, 3.05) is 26.2 Å². The number of hydrogen-bond acceptors (Lipinski definition) is 3. The van der Waals surface area contributed by atoms with E-state index in [2.05, 4.69) is 5.32 Å². The number of piperazine rings is 1. The summed E-state index contributed by atoms with van der Waals surface area (Å²) in [6, 6.07) is -0.0394. The van der Waals surface area contributed by atoms with E-state index < -0.39 is 0 Å². The van der Waals surface area contributed by atoms with Crippen LogP contribution in [-0.2, 0) is 4.79 Å². The minimum Gasteiger partial charge on any atom is -0.396 e. The molecule has 1 atom stereocenters. The zero-order chi connectivity index (χ0) is 10.6. The minimum atomic E-state index is -0.0394. The van der Waals surface area contributed by atoms with E-state index in [-0.39, 0.29) is 18.6 Å². The first-order valence-corrected chi connectivity index (χ1v) is 5.30. The van der Waals surface area contributed by atoms with Gasteiger partial charge in [0.15, 0.2) is 0 Å². The van der Waals surface area contributed by atoms with Crippen LogP contribution >= 0.6 is 0 Å². The Morgan fingerprint density at radius 3 is 2.93 bits per heavy atom. The summed E-state index contributed by atoms with van der Waals surface area (Å²) in [4.78, 5) is 13.7. The van der Waals surface area contributed by atoms with Crippen LogP contribution in [0, 0.1) is 5.92 Å². The molecule has 0 aromatic rings. The van der Waals surface area contributed by atoms with Crippen LogP contribution in [0.2, 0.25) is 0 Å². The number of nitrogens with one attached hydrogen (secondary N) is 1. The summed E-state index contributed by atoms with van der Waals surface area (Å²) in [5.41, 5.74) is 0. The second-order valence-electron chi connectivity index (χ2n) is 4.08. The third-order valence-electron chi connectivity index (χ3n) is 2.58. The monoisotopic (exact) mass is 200 g/mol. The van der Waals surface area contributed by atoms with Crippen molar-refractivity contribution in [3.05, 3.63) is 0 Å². The van der Waals surface area contributed by atoms with Gasteiger partial charge in [-0.3, -0.25) is 4.79 Å². The Hall–Kier alpha value is -0.610. The summed E-state index contributed by atoms with van der Waals surface area (Å²) in [6.07, 6.45) is 0.677. The summed E-state index contributed by atoms with van der Waals surface area (Å²) in [7, 11) is 0. The quantitative estimate of drug-likeness (QED) is 0.662. The molecule has 82 valence electrons. The average Bonchev–Trinajstić information content (AvgIpc) is 2.16. The lowest BCUT2D eigenvalue weighted by Crippen LogP contribution is -2.57. The summed E-state index contributed by atoms with van der Waals surface area (Å²) < 4.78 is 0. The van der Waals surface area contributed by atoms with Gasteiger partial charge < -0.3 is 15.3 Å². The van der Waals surface area contributed by atoms with E-state index in [4.69, 9.17) is 5.11 Å². The predicted octanol–water partition coefficient (Wildman–Crippen LogP) is -0.175. The number of aliphatic hydroxyl groups excluding tert-OH is 1. The highest BCUT2D eigenvalue weighted by molar-refractivity contribution is 5.82. The molecule has 0 bridgehead atoms. The van der Waals surface area contributed by atoms with E-state index in [1.54, 1.807) is 0 Å². The Kier molecular flexibility index (Phi) is 4.35. The Labute approximate surface area is 85.3 Å². The normalized spacial score (nSPS) is 23.3. The second kappa shape index (κ2) is 5.32. The molecule has 4 heteroatoms. The Morgan fingerprint density at radius 1 is 1.64 bits per heavy atom. The average molecular weight is 200 g/mol. The molecule has 2 N–H and O–H groups in total. The van der Waals surface area contributed by atoms with Crippen LogP contribution < -0.4 is 5.32 Å². The summed E-state index contributed by atoms with van der Waals surface area (Å²) in [5.74, 6) is 0.513. The Morgan fingerprint density at radius 2 is 2.36 bits per heavy atom.